The zero-order valence-electron chi connectivity index (χ0n) is 15.9. The minimum Gasteiger partial charge on any atom is -0.354 e. The van der Waals surface area contributed by atoms with Crippen LogP contribution in [0.2, 0.25) is 0 Å². The molecule has 0 saturated carbocycles. The summed E-state index contributed by atoms with van der Waals surface area (Å²) in [6, 6.07) is 10.3. The van der Waals surface area contributed by atoms with Gasteiger partial charge in [-0.25, -0.2) is 4.68 Å². The minimum absolute atomic E-state index is 0.226. The minimum atomic E-state index is -4.53. The molecular weight excluding hydrogens is 397 g/mol. The van der Waals surface area contributed by atoms with Crippen molar-refractivity contribution in [3.63, 3.8) is 0 Å². The van der Waals surface area contributed by atoms with Crippen molar-refractivity contribution >= 4 is 17.4 Å². The largest absolute Gasteiger partial charge is 0.418 e. The molecule has 0 aliphatic carbocycles. The highest BCUT2D eigenvalue weighted by atomic mass is 19.4. The Morgan fingerprint density at radius 3 is 2.53 bits per heavy atom. The monoisotopic (exact) mass is 416 g/mol. The second-order valence-corrected chi connectivity index (χ2v) is 7.02. The molecule has 10 heteroatoms. The fourth-order valence-electron chi connectivity index (χ4n) is 3.49. The molecule has 2 aromatic heterocycles. The third kappa shape index (κ3) is 4.27. The molecule has 156 valence electrons. The Morgan fingerprint density at radius 2 is 1.83 bits per heavy atom. The van der Waals surface area contributed by atoms with Crippen LogP contribution < -0.4 is 10.2 Å². The van der Waals surface area contributed by atoms with Gasteiger partial charge in [-0.05, 0) is 43.2 Å². The molecular formula is C20H19F3N6O. The first-order valence-corrected chi connectivity index (χ1v) is 9.47. The summed E-state index contributed by atoms with van der Waals surface area (Å²) in [5.74, 6) is 0.295. The number of alkyl halides is 3. The summed E-state index contributed by atoms with van der Waals surface area (Å²) in [7, 11) is 0. The maximum Gasteiger partial charge on any atom is 0.418 e. The number of nitrogens with one attached hydrogen (secondary N) is 1. The van der Waals surface area contributed by atoms with Crippen LogP contribution in [0.4, 0.5) is 24.7 Å². The predicted octanol–water partition coefficient (Wildman–Crippen LogP) is 3.54. The number of rotatable bonds is 4. The number of anilines is 2. The molecule has 7 nitrogen and oxygen atoms in total. The lowest BCUT2D eigenvalue weighted by Gasteiger charge is -2.32. The first-order valence-electron chi connectivity index (χ1n) is 9.47. The number of nitrogens with zero attached hydrogens (tertiary/aromatic N) is 5. The number of hydrogen-bond donors (Lipinski definition) is 1. The van der Waals surface area contributed by atoms with Gasteiger partial charge >= 0.3 is 6.18 Å². The van der Waals surface area contributed by atoms with Crippen molar-refractivity contribution in [2.24, 2.45) is 5.92 Å². The Kier molecular flexibility index (Phi) is 5.39. The summed E-state index contributed by atoms with van der Waals surface area (Å²) >= 11 is 0. The van der Waals surface area contributed by atoms with Gasteiger partial charge in [0.1, 0.15) is 0 Å². The van der Waals surface area contributed by atoms with E-state index in [9.17, 15) is 18.0 Å². The standard InChI is InChI=1S/C20H19F3N6O/c21-20(22,23)15-6-1-2-7-16(15)25-19(30)14-5-3-11-28(13-14)17-8-9-18(27-26-17)29-12-4-10-24-29/h1-2,4,6-10,12,14H,3,5,11,13H2,(H,25,30). The van der Waals surface area contributed by atoms with E-state index in [2.05, 4.69) is 20.6 Å². The van der Waals surface area contributed by atoms with Crippen LogP contribution in [0.5, 0.6) is 0 Å². The second-order valence-electron chi connectivity index (χ2n) is 7.02. The van der Waals surface area contributed by atoms with Crippen molar-refractivity contribution in [3.8, 4) is 5.82 Å². The molecule has 1 aromatic carbocycles. The lowest BCUT2D eigenvalue weighted by Crippen LogP contribution is -2.41. The van der Waals surface area contributed by atoms with Crippen molar-refractivity contribution in [3.05, 3.63) is 60.4 Å². The summed E-state index contributed by atoms with van der Waals surface area (Å²) in [4.78, 5) is 14.6. The molecule has 30 heavy (non-hydrogen) atoms. The Morgan fingerprint density at radius 1 is 1.07 bits per heavy atom. The average molecular weight is 416 g/mol. The van der Waals surface area contributed by atoms with Crippen LogP contribution in [-0.4, -0.2) is 39.0 Å². The smallest absolute Gasteiger partial charge is 0.354 e. The SMILES string of the molecule is O=C(Nc1ccccc1C(F)(F)F)C1CCCN(c2ccc(-n3cccn3)nn2)C1. The molecule has 0 radical (unpaired) electrons. The number of aromatic nitrogens is 4. The molecule has 1 fully saturated rings. The third-order valence-corrected chi connectivity index (χ3v) is 4.98. The summed E-state index contributed by atoms with van der Waals surface area (Å²) in [6.07, 6.45) is 0.176. The lowest BCUT2D eigenvalue weighted by molar-refractivity contribution is -0.137. The van der Waals surface area contributed by atoms with E-state index >= 15 is 0 Å². The van der Waals surface area contributed by atoms with Crippen LogP contribution in [-0.2, 0) is 11.0 Å². The Bertz CT molecular complexity index is 1000. The molecule has 3 heterocycles. The third-order valence-electron chi connectivity index (χ3n) is 4.98. The van der Waals surface area contributed by atoms with Crippen LogP contribution in [0, 0.1) is 5.92 Å². The number of piperidine rings is 1. The van der Waals surface area contributed by atoms with Gasteiger partial charge in [0.2, 0.25) is 5.91 Å². The van der Waals surface area contributed by atoms with Gasteiger partial charge in [-0.3, -0.25) is 4.79 Å². The van der Waals surface area contributed by atoms with E-state index in [1.165, 1.54) is 18.2 Å². The zero-order valence-corrected chi connectivity index (χ0v) is 15.9. The predicted molar refractivity (Wildman–Crippen MR) is 104 cm³/mol. The van der Waals surface area contributed by atoms with Gasteiger partial charge in [-0.1, -0.05) is 12.1 Å². The van der Waals surface area contributed by atoms with Gasteiger partial charge in [-0.15, -0.1) is 10.2 Å². The highest BCUT2D eigenvalue weighted by Crippen LogP contribution is 2.35. The maximum atomic E-state index is 13.2. The Balaban J connectivity index is 1.45. The van der Waals surface area contributed by atoms with Crippen LogP contribution >= 0.6 is 0 Å². The van der Waals surface area contributed by atoms with Crippen LogP contribution in [0.25, 0.3) is 5.82 Å². The number of para-hydroxylation sites is 1. The van der Waals surface area contributed by atoms with Crippen LogP contribution in [0.3, 0.4) is 0 Å². The molecule has 3 aromatic rings. The number of carbonyl (C=O) groups excluding carboxylic acids is 1. The Labute approximate surface area is 170 Å². The van der Waals surface area contributed by atoms with Crippen molar-refractivity contribution < 1.29 is 18.0 Å². The van der Waals surface area contributed by atoms with Crippen molar-refractivity contribution in [1.82, 2.24) is 20.0 Å². The zero-order chi connectivity index (χ0) is 21.1. The molecule has 1 amide bonds. The normalized spacial score (nSPS) is 17.0. The quantitative estimate of drug-likeness (QED) is 0.704. The first kappa shape index (κ1) is 19.9. The summed E-state index contributed by atoms with van der Waals surface area (Å²) in [5, 5.41) is 14.9. The molecule has 1 atom stereocenters. The van der Waals surface area contributed by atoms with E-state index in [0.29, 0.717) is 31.1 Å². The molecule has 1 aliphatic rings. The molecule has 1 saturated heterocycles. The van der Waals surface area contributed by atoms with Crippen LogP contribution in [0.15, 0.2) is 54.9 Å². The first-order chi connectivity index (χ1) is 14.4. The van der Waals surface area contributed by atoms with Gasteiger partial charge in [0.05, 0.1) is 17.2 Å². The fourth-order valence-corrected chi connectivity index (χ4v) is 3.49. The van der Waals surface area contributed by atoms with E-state index in [1.807, 2.05) is 4.90 Å². The fraction of sp³-hybridized carbons (Fsp3) is 0.300. The topological polar surface area (TPSA) is 75.9 Å². The van der Waals surface area contributed by atoms with E-state index in [1.54, 1.807) is 35.3 Å². The molecule has 4 rings (SSSR count). The van der Waals surface area contributed by atoms with E-state index < -0.39 is 23.6 Å². The van der Waals surface area contributed by atoms with Crippen molar-refractivity contribution in [2.45, 2.75) is 19.0 Å². The van der Waals surface area contributed by atoms with Gasteiger partial charge in [0.25, 0.3) is 0 Å². The highest BCUT2D eigenvalue weighted by molar-refractivity contribution is 5.93. The Hall–Kier alpha value is -3.43. The second kappa shape index (κ2) is 8.13. The number of carbonyl (C=O) groups is 1. The molecule has 0 bridgehead atoms. The number of halogens is 3. The maximum absolute atomic E-state index is 13.2. The van der Waals surface area contributed by atoms with Gasteiger partial charge in [-0.2, -0.15) is 18.3 Å². The summed E-state index contributed by atoms with van der Waals surface area (Å²) < 4.78 is 41.1. The molecule has 1 unspecified atom stereocenters. The summed E-state index contributed by atoms with van der Waals surface area (Å²) in [6.45, 7) is 1.05. The lowest BCUT2D eigenvalue weighted by atomic mass is 9.96. The van der Waals surface area contributed by atoms with Crippen molar-refractivity contribution in [1.29, 1.82) is 0 Å². The molecule has 1 N–H and O–H groups in total. The molecule has 0 spiro atoms. The number of benzene rings is 1. The van der Waals surface area contributed by atoms with Gasteiger partial charge < -0.3 is 10.2 Å². The van der Waals surface area contributed by atoms with Crippen molar-refractivity contribution in [2.75, 3.05) is 23.3 Å². The average Bonchev–Trinajstić information content (AvgIpc) is 3.28. The van der Waals surface area contributed by atoms with E-state index in [-0.39, 0.29) is 5.69 Å². The van der Waals surface area contributed by atoms with Gasteiger partial charge in [0, 0.05) is 25.5 Å². The highest BCUT2D eigenvalue weighted by Gasteiger charge is 2.34. The van der Waals surface area contributed by atoms with E-state index in [0.717, 1.165) is 12.5 Å². The van der Waals surface area contributed by atoms with Gasteiger partial charge in [0.15, 0.2) is 11.6 Å². The summed E-state index contributed by atoms with van der Waals surface area (Å²) in [5.41, 5.74) is -1.08. The van der Waals surface area contributed by atoms with E-state index in [4.69, 9.17) is 0 Å². The number of amides is 1. The van der Waals surface area contributed by atoms with Crippen LogP contribution in [0.1, 0.15) is 18.4 Å². The number of hydrogen-bond acceptors (Lipinski definition) is 5. The molecule has 1 aliphatic heterocycles.